The average Bonchev–Trinajstić information content (AvgIpc) is 2.62. The van der Waals surface area contributed by atoms with Crippen molar-refractivity contribution < 1.29 is 17.9 Å². The lowest BCUT2D eigenvalue weighted by atomic mass is 10.0. The predicted octanol–water partition coefficient (Wildman–Crippen LogP) is 2.86. The number of nitrogens with zero attached hydrogens (tertiary/aromatic N) is 1. The van der Waals surface area contributed by atoms with E-state index in [0.29, 0.717) is 12.2 Å². The summed E-state index contributed by atoms with van der Waals surface area (Å²) < 4.78 is 32.6. The van der Waals surface area contributed by atoms with E-state index in [1.165, 1.54) is 7.11 Å². The van der Waals surface area contributed by atoms with Crippen molar-refractivity contribution in [3.8, 4) is 0 Å². The second-order valence-electron chi connectivity index (χ2n) is 6.77. The molecule has 0 atom stereocenters. The number of hydrogen-bond acceptors (Lipinski definition) is 4. The van der Waals surface area contributed by atoms with Crippen LogP contribution in [0.1, 0.15) is 23.1 Å². The molecule has 2 aromatic carbocycles. The maximum Gasteiger partial charge on any atom is 0.252 e. The highest BCUT2D eigenvalue weighted by atomic mass is 32.2. The van der Waals surface area contributed by atoms with Crippen LogP contribution in [-0.4, -0.2) is 34.6 Å². The fraction of sp³-hybridized carbons (Fsp3) is 0.350. The Bertz CT molecular complexity index is 923. The molecule has 3 rings (SSSR count). The summed E-state index contributed by atoms with van der Waals surface area (Å²) in [6.07, 6.45) is 1.74. The van der Waals surface area contributed by atoms with Crippen LogP contribution in [0.5, 0.6) is 0 Å². The topological polar surface area (TPSA) is 75.7 Å². The summed E-state index contributed by atoms with van der Waals surface area (Å²) in [6, 6.07) is 12.8. The van der Waals surface area contributed by atoms with Crippen LogP contribution >= 0.6 is 0 Å². The van der Waals surface area contributed by atoms with Gasteiger partial charge in [0.1, 0.15) is 6.61 Å². The predicted molar refractivity (Wildman–Crippen MR) is 106 cm³/mol. The number of carbonyl (C=O) groups excluding carboxylic acids is 1. The van der Waals surface area contributed by atoms with E-state index in [0.717, 1.165) is 35.2 Å². The summed E-state index contributed by atoms with van der Waals surface area (Å²) in [4.78, 5) is 14.0. The Labute approximate surface area is 160 Å². The van der Waals surface area contributed by atoms with Gasteiger partial charge >= 0.3 is 0 Å². The lowest BCUT2D eigenvalue weighted by Crippen LogP contribution is -2.37. The molecule has 1 amide bonds. The van der Waals surface area contributed by atoms with Gasteiger partial charge in [-0.25, -0.2) is 8.42 Å². The van der Waals surface area contributed by atoms with E-state index in [2.05, 4.69) is 4.72 Å². The number of aryl methyl sites for hydroxylation is 2. The first-order valence-electron chi connectivity index (χ1n) is 8.86. The van der Waals surface area contributed by atoms with Crippen molar-refractivity contribution in [3.63, 3.8) is 0 Å². The molecule has 1 aliphatic rings. The summed E-state index contributed by atoms with van der Waals surface area (Å²) in [5, 5.41) is 0. The fourth-order valence-electron chi connectivity index (χ4n) is 3.22. The molecule has 2 aromatic rings. The number of benzene rings is 2. The van der Waals surface area contributed by atoms with Crippen molar-refractivity contribution in [2.75, 3.05) is 29.9 Å². The van der Waals surface area contributed by atoms with Gasteiger partial charge in [-0.3, -0.25) is 9.52 Å². The number of carbonyl (C=O) groups is 1. The molecule has 27 heavy (non-hydrogen) atoms. The highest BCUT2D eigenvalue weighted by molar-refractivity contribution is 7.91. The third-order valence-corrected chi connectivity index (χ3v) is 5.78. The van der Waals surface area contributed by atoms with E-state index in [1.807, 2.05) is 37.3 Å². The number of methoxy groups -OCH3 is 1. The van der Waals surface area contributed by atoms with Crippen molar-refractivity contribution in [1.82, 2.24) is 0 Å². The van der Waals surface area contributed by atoms with Gasteiger partial charge in [0.2, 0.25) is 10.0 Å². The van der Waals surface area contributed by atoms with Gasteiger partial charge in [0, 0.05) is 19.3 Å². The van der Waals surface area contributed by atoms with Gasteiger partial charge in [-0.05, 0) is 43.0 Å². The summed E-state index contributed by atoms with van der Waals surface area (Å²) in [6.45, 7) is 2.57. The molecule has 0 unspecified atom stereocenters. The Morgan fingerprint density at radius 3 is 2.63 bits per heavy atom. The van der Waals surface area contributed by atoms with Gasteiger partial charge < -0.3 is 9.64 Å². The lowest BCUT2D eigenvalue weighted by molar-refractivity contribution is -0.122. The second kappa shape index (κ2) is 8.10. The van der Waals surface area contributed by atoms with Crippen molar-refractivity contribution in [3.05, 3.63) is 59.2 Å². The van der Waals surface area contributed by atoms with Crippen LogP contribution in [-0.2, 0) is 31.7 Å². The van der Waals surface area contributed by atoms with E-state index >= 15 is 0 Å². The molecule has 6 nitrogen and oxygen atoms in total. The molecule has 1 N–H and O–H groups in total. The number of fused-ring (bicyclic) bond motifs is 1. The van der Waals surface area contributed by atoms with Crippen LogP contribution in [0.25, 0.3) is 0 Å². The van der Waals surface area contributed by atoms with Gasteiger partial charge in [-0.2, -0.15) is 0 Å². The Morgan fingerprint density at radius 2 is 1.93 bits per heavy atom. The maximum atomic E-state index is 12.5. The van der Waals surface area contributed by atoms with E-state index in [9.17, 15) is 13.2 Å². The molecule has 144 valence electrons. The number of rotatable bonds is 6. The molecular weight excluding hydrogens is 364 g/mol. The minimum absolute atomic E-state index is 0.00280. The van der Waals surface area contributed by atoms with Crippen LogP contribution in [0.15, 0.2) is 42.5 Å². The van der Waals surface area contributed by atoms with Crippen molar-refractivity contribution in [1.29, 1.82) is 0 Å². The minimum Gasteiger partial charge on any atom is -0.375 e. The third kappa shape index (κ3) is 4.87. The zero-order valence-corrected chi connectivity index (χ0v) is 16.4. The van der Waals surface area contributed by atoms with Gasteiger partial charge in [0.25, 0.3) is 5.91 Å². The van der Waals surface area contributed by atoms with E-state index in [1.54, 1.807) is 17.0 Å². The third-order valence-electron chi connectivity index (χ3n) is 4.52. The number of sulfonamides is 1. The fourth-order valence-corrected chi connectivity index (χ4v) is 4.41. The SMILES string of the molecule is COCC(=O)N1CCCc2ccc(NS(=O)(=O)Cc3ccc(C)cc3)cc21. The van der Waals surface area contributed by atoms with Gasteiger partial charge in [-0.1, -0.05) is 35.9 Å². The van der Waals surface area contributed by atoms with E-state index < -0.39 is 10.0 Å². The standard InChI is InChI=1S/C20H24N2O4S/c1-15-5-7-16(8-6-15)14-27(24,25)21-18-10-9-17-4-3-11-22(19(17)12-18)20(23)13-26-2/h5-10,12,21H,3-4,11,13-14H2,1-2H3. The molecule has 0 aliphatic carbocycles. The summed E-state index contributed by atoms with van der Waals surface area (Å²) in [5.74, 6) is -0.227. The highest BCUT2D eigenvalue weighted by Gasteiger charge is 2.23. The number of amides is 1. The van der Waals surface area contributed by atoms with Gasteiger partial charge in [0.15, 0.2) is 0 Å². The van der Waals surface area contributed by atoms with Crippen LogP contribution in [0.4, 0.5) is 11.4 Å². The Balaban J connectivity index is 1.80. The molecule has 0 radical (unpaired) electrons. The number of anilines is 2. The molecule has 0 saturated heterocycles. The first-order valence-corrected chi connectivity index (χ1v) is 10.5. The molecule has 0 fully saturated rings. The van der Waals surface area contributed by atoms with Crippen LogP contribution in [0.2, 0.25) is 0 Å². The largest absolute Gasteiger partial charge is 0.375 e. The zero-order valence-electron chi connectivity index (χ0n) is 15.6. The first-order chi connectivity index (χ1) is 12.9. The molecular formula is C20H24N2O4S. The maximum absolute atomic E-state index is 12.5. The minimum atomic E-state index is -3.55. The molecule has 0 aromatic heterocycles. The van der Waals surface area contributed by atoms with Crippen LogP contribution in [0, 0.1) is 6.92 Å². The normalized spacial score (nSPS) is 13.9. The monoisotopic (exact) mass is 388 g/mol. The lowest BCUT2D eigenvalue weighted by Gasteiger charge is -2.30. The summed E-state index contributed by atoms with van der Waals surface area (Å²) in [7, 11) is -2.07. The summed E-state index contributed by atoms with van der Waals surface area (Å²) in [5.41, 5.74) is 4.05. The highest BCUT2D eigenvalue weighted by Crippen LogP contribution is 2.30. The zero-order chi connectivity index (χ0) is 19.4. The average molecular weight is 388 g/mol. The van der Waals surface area contributed by atoms with Crippen molar-refractivity contribution in [2.24, 2.45) is 0 Å². The number of nitrogens with one attached hydrogen (secondary N) is 1. The Morgan fingerprint density at radius 1 is 1.19 bits per heavy atom. The quantitative estimate of drug-likeness (QED) is 0.826. The smallest absolute Gasteiger partial charge is 0.252 e. The van der Waals surface area contributed by atoms with Crippen molar-refractivity contribution in [2.45, 2.75) is 25.5 Å². The summed E-state index contributed by atoms with van der Waals surface area (Å²) >= 11 is 0. The molecule has 0 bridgehead atoms. The molecule has 1 heterocycles. The van der Waals surface area contributed by atoms with Crippen molar-refractivity contribution >= 4 is 27.3 Å². The number of hydrogen-bond donors (Lipinski definition) is 1. The Kier molecular flexibility index (Phi) is 5.82. The van der Waals surface area contributed by atoms with Gasteiger partial charge in [0.05, 0.1) is 11.4 Å². The second-order valence-corrected chi connectivity index (χ2v) is 8.49. The van der Waals surface area contributed by atoms with Crippen LogP contribution in [0.3, 0.4) is 0 Å². The molecule has 1 aliphatic heterocycles. The molecule has 7 heteroatoms. The van der Waals surface area contributed by atoms with E-state index in [4.69, 9.17) is 4.74 Å². The first kappa shape index (κ1) is 19.4. The molecule has 0 spiro atoms. The van der Waals surface area contributed by atoms with Gasteiger partial charge in [-0.15, -0.1) is 0 Å². The van der Waals surface area contributed by atoms with Crippen LogP contribution < -0.4 is 9.62 Å². The number of ether oxygens (including phenoxy) is 1. The van der Waals surface area contributed by atoms with E-state index in [-0.39, 0.29) is 18.3 Å². The Hall–Kier alpha value is -2.38. The molecule has 0 saturated carbocycles.